The van der Waals surface area contributed by atoms with E-state index in [4.69, 9.17) is 4.74 Å². The largest absolute Gasteiger partial charge is 0.477 e. The number of imide groups is 2. The molecule has 2 aromatic carbocycles. The van der Waals surface area contributed by atoms with Crippen molar-refractivity contribution in [1.29, 1.82) is 0 Å². The second-order valence-electron chi connectivity index (χ2n) is 8.65. The average Bonchev–Trinajstić information content (AvgIpc) is 3.29. The van der Waals surface area contributed by atoms with E-state index < -0.39 is 0 Å². The summed E-state index contributed by atoms with van der Waals surface area (Å²) >= 11 is 1.42. The van der Waals surface area contributed by atoms with E-state index in [1.54, 1.807) is 54.6 Å². The topological polar surface area (TPSA) is 110 Å². The lowest BCUT2D eigenvalue weighted by Crippen LogP contribution is -2.31. The normalized spacial score (nSPS) is 14.4. The van der Waals surface area contributed by atoms with Crippen molar-refractivity contribution in [3.63, 3.8) is 0 Å². The van der Waals surface area contributed by atoms with E-state index in [1.807, 2.05) is 6.92 Å². The van der Waals surface area contributed by atoms with Gasteiger partial charge in [0.2, 0.25) is 5.88 Å². The summed E-state index contributed by atoms with van der Waals surface area (Å²) in [6.07, 6.45) is 1.07. The molecule has 0 spiro atoms. The molecule has 0 bridgehead atoms. The Morgan fingerprint density at radius 2 is 1.22 bits per heavy atom. The molecule has 3 aromatic rings. The van der Waals surface area contributed by atoms with Crippen LogP contribution in [-0.4, -0.2) is 68.8 Å². The molecule has 0 fully saturated rings. The van der Waals surface area contributed by atoms with Gasteiger partial charge in [-0.1, -0.05) is 36.0 Å². The number of carbonyl (C=O) groups is 4. The summed E-state index contributed by atoms with van der Waals surface area (Å²) in [6, 6.07) is 15.4. The fourth-order valence-electron chi connectivity index (χ4n) is 4.32. The van der Waals surface area contributed by atoms with Crippen molar-refractivity contribution in [2.45, 2.75) is 24.9 Å². The number of ether oxygens (including phenoxy) is 1. The summed E-state index contributed by atoms with van der Waals surface area (Å²) < 4.78 is 5.78. The fraction of sp³-hybridized carbons (Fsp3) is 0.259. The van der Waals surface area contributed by atoms with Gasteiger partial charge in [0.1, 0.15) is 0 Å². The molecule has 2 aliphatic heterocycles. The molecular weight excluding hydrogens is 492 g/mol. The molecule has 0 unspecified atom stereocenters. The molecule has 37 heavy (non-hydrogen) atoms. The first-order valence-corrected chi connectivity index (χ1v) is 12.9. The minimum Gasteiger partial charge on any atom is -0.477 e. The van der Waals surface area contributed by atoms with Crippen molar-refractivity contribution in [3.05, 3.63) is 82.5 Å². The number of carbonyl (C=O) groups excluding carboxylic acids is 4. The van der Waals surface area contributed by atoms with Crippen LogP contribution >= 0.6 is 11.8 Å². The molecule has 9 nitrogen and oxygen atoms in total. The summed E-state index contributed by atoms with van der Waals surface area (Å²) in [7, 11) is 0. The average molecular weight is 517 g/mol. The Morgan fingerprint density at radius 1 is 0.730 bits per heavy atom. The summed E-state index contributed by atoms with van der Waals surface area (Å²) in [5.74, 6) is -0.0335. The third kappa shape index (κ3) is 4.97. The Balaban J connectivity index is 1.08. The first-order valence-electron chi connectivity index (χ1n) is 12.0. The molecule has 188 valence electrons. The van der Waals surface area contributed by atoms with Gasteiger partial charge in [0.15, 0.2) is 5.16 Å². The number of aromatic nitrogens is 2. The van der Waals surface area contributed by atoms with E-state index in [-0.39, 0.29) is 36.8 Å². The van der Waals surface area contributed by atoms with Gasteiger partial charge in [0.05, 0.1) is 28.9 Å². The highest BCUT2D eigenvalue weighted by atomic mass is 32.2. The van der Waals surface area contributed by atoms with Gasteiger partial charge in [0.25, 0.3) is 23.6 Å². The molecule has 5 rings (SSSR count). The van der Waals surface area contributed by atoms with Crippen molar-refractivity contribution in [3.8, 4) is 5.88 Å². The van der Waals surface area contributed by atoms with E-state index in [9.17, 15) is 19.2 Å². The van der Waals surface area contributed by atoms with Crippen molar-refractivity contribution in [2.24, 2.45) is 0 Å². The number of hydrogen-bond donors (Lipinski definition) is 0. The smallest absolute Gasteiger partial charge is 0.261 e. The molecule has 0 radical (unpaired) electrons. The minimum absolute atomic E-state index is 0.255. The highest BCUT2D eigenvalue weighted by molar-refractivity contribution is 7.99. The number of fused-ring (bicyclic) bond motifs is 2. The summed E-state index contributed by atoms with van der Waals surface area (Å²) in [5, 5.41) is 0.540. The molecule has 0 saturated heterocycles. The van der Waals surface area contributed by atoms with E-state index in [0.717, 1.165) is 5.69 Å². The molecule has 0 saturated carbocycles. The van der Waals surface area contributed by atoms with Crippen LogP contribution in [0.1, 0.15) is 60.0 Å². The van der Waals surface area contributed by atoms with E-state index in [1.165, 1.54) is 21.6 Å². The molecule has 2 aliphatic rings. The third-order valence-corrected chi connectivity index (χ3v) is 7.03. The summed E-state index contributed by atoms with van der Waals surface area (Å²) in [6.45, 7) is 2.71. The Kier molecular flexibility index (Phi) is 7.00. The standard InChI is InChI=1S/C27H24N4O5S/c1-17-16-22(36-14-6-12-30-23(32)18-8-2-3-9-19(18)24(30)33)29-27(28-17)37-15-7-13-31-25(34)20-10-4-5-11-21(20)26(31)35/h2-5,8-11,16H,6-7,12-15H2,1H3. The van der Waals surface area contributed by atoms with E-state index in [0.29, 0.717) is 58.4 Å². The minimum atomic E-state index is -0.279. The lowest BCUT2D eigenvalue weighted by Gasteiger charge is -2.14. The second-order valence-corrected chi connectivity index (χ2v) is 9.71. The maximum atomic E-state index is 12.5. The summed E-state index contributed by atoms with van der Waals surface area (Å²) in [4.78, 5) is 61.3. The third-order valence-electron chi connectivity index (χ3n) is 6.10. The number of thioether (sulfide) groups is 1. The van der Waals surface area contributed by atoms with Gasteiger partial charge in [-0.25, -0.2) is 4.98 Å². The SMILES string of the molecule is Cc1cc(OCCCN2C(=O)c3ccccc3C2=O)nc(SCCCN2C(=O)c3ccccc3C2=O)n1. The van der Waals surface area contributed by atoms with Crippen LogP contribution in [0.4, 0.5) is 0 Å². The van der Waals surface area contributed by atoms with Crippen LogP contribution in [0.15, 0.2) is 59.8 Å². The van der Waals surface area contributed by atoms with Crippen LogP contribution in [0, 0.1) is 6.92 Å². The van der Waals surface area contributed by atoms with E-state index >= 15 is 0 Å². The van der Waals surface area contributed by atoms with Crippen LogP contribution in [0.2, 0.25) is 0 Å². The van der Waals surface area contributed by atoms with Gasteiger partial charge in [-0.3, -0.25) is 29.0 Å². The van der Waals surface area contributed by atoms with Crippen LogP contribution in [0.25, 0.3) is 0 Å². The second kappa shape index (κ2) is 10.5. The number of nitrogens with zero attached hydrogens (tertiary/aromatic N) is 4. The molecule has 0 aliphatic carbocycles. The molecule has 3 heterocycles. The number of benzene rings is 2. The van der Waals surface area contributed by atoms with E-state index in [2.05, 4.69) is 9.97 Å². The number of aryl methyl sites for hydroxylation is 1. The molecule has 10 heteroatoms. The monoisotopic (exact) mass is 516 g/mol. The Hall–Kier alpha value is -4.05. The van der Waals surface area contributed by atoms with Crippen molar-refractivity contribution in [2.75, 3.05) is 25.4 Å². The van der Waals surface area contributed by atoms with Crippen LogP contribution in [0.5, 0.6) is 5.88 Å². The zero-order valence-electron chi connectivity index (χ0n) is 20.2. The summed E-state index contributed by atoms with van der Waals surface area (Å²) in [5.41, 5.74) is 2.51. The molecule has 0 atom stereocenters. The van der Waals surface area contributed by atoms with Gasteiger partial charge in [0, 0.05) is 30.6 Å². The predicted molar refractivity (Wildman–Crippen MR) is 136 cm³/mol. The first-order chi connectivity index (χ1) is 17.9. The van der Waals surface area contributed by atoms with Crippen molar-refractivity contribution in [1.82, 2.24) is 19.8 Å². The number of hydrogen-bond acceptors (Lipinski definition) is 8. The lowest BCUT2D eigenvalue weighted by atomic mass is 10.1. The van der Waals surface area contributed by atoms with Gasteiger partial charge < -0.3 is 4.74 Å². The van der Waals surface area contributed by atoms with Crippen LogP contribution < -0.4 is 4.74 Å². The fourth-order valence-corrected chi connectivity index (χ4v) is 5.14. The van der Waals surface area contributed by atoms with Crippen LogP contribution in [-0.2, 0) is 0 Å². The Labute approximate surface area is 217 Å². The maximum absolute atomic E-state index is 12.5. The molecule has 4 amide bonds. The lowest BCUT2D eigenvalue weighted by molar-refractivity contribution is 0.0634. The van der Waals surface area contributed by atoms with Crippen molar-refractivity contribution < 1.29 is 23.9 Å². The van der Waals surface area contributed by atoms with Gasteiger partial charge in [-0.15, -0.1) is 0 Å². The molecule has 0 N–H and O–H groups in total. The van der Waals surface area contributed by atoms with Crippen molar-refractivity contribution >= 4 is 35.4 Å². The zero-order chi connectivity index (χ0) is 25.9. The zero-order valence-corrected chi connectivity index (χ0v) is 21.0. The van der Waals surface area contributed by atoms with Gasteiger partial charge >= 0.3 is 0 Å². The first kappa shape index (κ1) is 24.6. The molecular formula is C27H24N4O5S. The van der Waals surface area contributed by atoms with Gasteiger partial charge in [-0.05, 0) is 44.0 Å². The highest BCUT2D eigenvalue weighted by Gasteiger charge is 2.35. The molecule has 1 aromatic heterocycles. The van der Waals surface area contributed by atoms with Gasteiger partial charge in [-0.2, -0.15) is 4.98 Å². The number of rotatable bonds is 10. The predicted octanol–water partition coefficient (Wildman–Crippen LogP) is 3.63. The van der Waals surface area contributed by atoms with Crippen LogP contribution in [0.3, 0.4) is 0 Å². The Bertz CT molecular complexity index is 1240. The number of amides is 4. The highest BCUT2D eigenvalue weighted by Crippen LogP contribution is 2.25. The quantitative estimate of drug-likeness (QED) is 0.174. The maximum Gasteiger partial charge on any atom is 0.261 e. The Morgan fingerprint density at radius 3 is 1.73 bits per heavy atom.